The van der Waals surface area contributed by atoms with Crippen molar-refractivity contribution in [3.8, 4) is 0 Å². The summed E-state index contributed by atoms with van der Waals surface area (Å²) in [5, 5.41) is 8.90. The Labute approximate surface area is 348 Å². The van der Waals surface area contributed by atoms with Crippen LogP contribution in [0.1, 0.15) is 206 Å². The Morgan fingerprint density at radius 3 is 1.46 bits per heavy atom. The van der Waals surface area contributed by atoms with Gasteiger partial charge in [0.25, 0.3) is 0 Å². The number of carboxylic acids is 1. The van der Waals surface area contributed by atoms with Crippen LogP contribution in [0.25, 0.3) is 0 Å². The van der Waals surface area contributed by atoms with Crippen LogP contribution in [0.5, 0.6) is 0 Å². The van der Waals surface area contributed by atoms with Crippen molar-refractivity contribution in [2.24, 2.45) is 5.73 Å². The number of unbranched alkanes of at least 4 members (excludes halogenated alkanes) is 24. The minimum atomic E-state index is -4.62. The maximum absolute atomic E-state index is 12.6. The lowest BCUT2D eigenvalue weighted by molar-refractivity contribution is -0.154. The predicted molar refractivity (Wildman–Crippen MR) is 235 cm³/mol. The number of hydrogen-bond acceptors (Lipinski definition) is 8. The molecule has 3 unspecified atom stereocenters. The highest BCUT2D eigenvalue weighted by atomic mass is 31.2. The summed E-state index contributed by atoms with van der Waals surface area (Å²) >= 11 is 0. The summed E-state index contributed by atoms with van der Waals surface area (Å²) in [6.07, 6.45) is 47.6. The molecule has 0 saturated carbocycles. The Hall–Kier alpha value is -1.81. The number of allylic oxidation sites excluding steroid dienone is 6. The Morgan fingerprint density at radius 1 is 0.561 bits per heavy atom. The van der Waals surface area contributed by atoms with Gasteiger partial charge in [0.1, 0.15) is 12.1 Å². The molecule has 0 aliphatic carbocycles. The van der Waals surface area contributed by atoms with Crippen LogP contribution in [-0.2, 0) is 32.7 Å². The Morgan fingerprint density at radius 2 is 0.965 bits per heavy atom. The molecule has 4 N–H and O–H groups in total. The third-order valence-corrected chi connectivity index (χ3v) is 10.8. The normalized spacial score (nSPS) is 14.2. The van der Waals surface area contributed by atoms with E-state index in [-0.39, 0.29) is 13.0 Å². The Kier molecular flexibility index (Phi) is 41.0. The first-order chi connectivity index (χ1) is 27.7. The first-order valence-electron chi connectivity index (χ1n) is 23.0. The van der Waals surface area contributed by atoms with Crippen LogP contribution in [0.15, 0.2) is 36.5 Å². The molecule has 0 heterocycles. The van der Waals surface area contributed by atoms with Gasteiger partial charge < -0.3 is 25.2 Å². The summed E-state index contributed by atoms with van der Waals surface area (Å²) < 4.78 is 33.4. The fourth-order valence-corrected chi connectivity index (χ4v) is 7.05. The Bertz CT molecular complexity index is 1050. The molecule has 0 bridgehead atoms. The second-order valence-corrected chi connectivity index (χ2v) is 17.0. The van der Waals surface area contributed by atoms with E-state index < -0.39 is 45.1 Å². The monoisotopic (exact) mass is 828 g/mol. The van der Waals surface area contributed by atoms with Crippen LogP contribution in [0.2, 0.25) is 0 Å². The first kappa shape index (κ1) is 55.2. The molecule has 0 saturated heterocycles. The number of ether oxygens (including phenoxy) is 2. The van der Waals surface area contributed by atoms with Crippen LogP contribution in [0.3, 0.4) is 0 Å². The van der Waals surface area contributed by atoms with Crippen molar-refractivity contribution >= 4 is 19.8 Å². The minimum absolute atomic E-state index is 0.00900. The highest BCUT2D eigenvalue weighted by molar-refractivity contribution is 7.47. The average molecular weight is 828 g/mol. The summed E-state index contributed by atoms with van der Waals surface area (Å²) in [5.41, 5.74) is 5.36. The molecule has 3 atom stereocenters. The molecular weight excluding hydrogens is 741 g/mol. The molecule has 0 rings (SSSR count). The number of carbonyl (C=O) groups is 2. The molecule has 0 aliphatic heterocycles. The zero-order valence-corrected chi connectivity index (χ0v) is 37.3. The van der Waals surface area contributed by atoms with Crippen molar-refractivity contribution < 1.29 is 42.7 Å². The van der Waals surface area contributed by atoms with E-state index in [1.807, 2.05) is 0 Å². The highest BCUT2D eigenvalue weighted by Crippen LogP contribution is 2.43. The van der Waals surface area contributed by atoms with Gasteiger partial charge in [-0.1, -0.05) is 166 Å². The zero-order chi connectivity index (χ0) is 41.9. The molecule has 0 radical (unpaired) electrons. The van der Waals surface area contributed by atoms with Crippen molar-refractivity contribution in [2.45, 2.75) is 219 Å². The number of nitrogens with two attached hydrogens (primary N) is 1. The maximum atomic E-state index is 12.6. The molecule has 0 aromatic heterocycles. The largest absolute Gasteiger partial charge is 0.480 e. The number of aliphatic carboxylic acids is 1. The molecular formula is C46H86NO9P. The molecule has 334 valence electrons. The molecule has 10 nitrogen and oxygen atoms in total. The third kappa shape index (κ3) is 42.1. The van der Waals surface area contributed by atoms with E-state index in [9.17, 15) is 19.0 Å². The van der Waals surface area contributed by atoms with Crippen LogP contribution < -0.4 is 5.73 Å². The van der Waals surface area contributed by atoms with Crippen molar-refractivity contribution in [1.82, 2.24) is 0 Å². The quantitative estimate of drug-likeness (QED) is 0.0234. The van der Waals surface area contributed by atoms with E-state index in [4.69, 9.17) is 29.4 Å². The van der Waals surface area contributed by atoms with Crippen LogP contribution >= 0.6 is 7.82 Å². The number of rotatable bonds is 44. The van der Waals surface area contributed by atoms with Gasteiger partial charge in [0, 0.05) is 13.0 Å². The predicted octanol–water partition coefficient (Wildman–Crippen LogP) is 12.9. The molecule has 11 heteroatoms. The summed E-state index contributed by atoms with van der Waals surface area (Å²) in [7, 11) is -4.62. The van der Waals surface area contributed by atoms with Gasteiger partial charge in [0.05, 0.1) is 19.8 Å². The Balaban J connectivity index is 4.23. The molecule has 0 aliphatic rings. The second-order valence-electron chi connectivity index (χ2n) is 15.5. The van der Waals surface area contributed by atoms with Gasteiger partial charge in [-0.3, -0.25) is 18.6 Å². The van der Waals surface area contributed by atoms with E-state index in [1.165, 1.54) is 122 Å². The van der Waals surface area contributed by atoms with Gasteiger partial charge in [-0.25, -0.2) is 4.57 Å². The molecule has 0 fully saturated rings. The van der Waals surface area contributed by atoms with Crippen molar-refractivity contribution in [2.75, 3.05) is 26.4 Å². The van der Waals surface area contributed by atoms with Gasteiger partial charge in [0.2, 0.25) is 0 Å². The van der Waals surface area contributed by atoms with E-state index in [2.05, 4.69) is 50.3 Å². The van der Waals surface area contributed by atoms with Crippen molar-refractivity contribution in [1.29, 1.82) is 0 Å². The standard InChI is InChI=1S/C46H86NO9P/c1-3-5-7-9-11-13-15-17-19-21-22-24-26-28-30-32-34-36-38-45(48)56-43(41-54-57(51,52)55-42-44(47)46(49)50)40-53-39-37-35-33-31-29-27-25-23-20-18-16-14-12-10-8-6-4-2/h14,16,19-21,23,43-44H,3-13,15,17-18,22,24-42,47H2,1-2H3,(H,49,50)(H,51,52)/b16-14-,21-19-,23-20-. The van der Waals surface area contributed by atoms with Crippen LogP contribution in [0, 0.1) is 0 Å². The number of phosphoric ester groups is 1. The SMILES string of the molecule is CCCCCC/C=C\C/C=C\CCCCCCCCOCC(COP(=O)(O)OCC(N)C(=O)O)OC(=O)CCCCCCCCC/C=C\CCCCCCCCC. The summed E-state index contributed by atoms with van der Waals surface area (Å²) in [4.78, 5) is 33.6. The lowest BCUT2D eigenvalue weighted by Gasteiger charge is -2.20. The topological polar surface area (TPSA) is 155 Å². The highest BCUT2D eigenvalue weighted by Gasteiger charge is 2.27. The molecule has 0 aromatic rings. The van der Waals surface area contributed by atoms with Crippen molar-refractivity contribution in [3.05, 3.63) is 36.5 Å². The molecule has 0 amide bonds. The smallest absolute Gasteiger partial charge is 0.472 e. The average Bonchev–Trinajstić information content (AvgIpc) is 3.19. The van der Waals surface area contributed by atoms with Crippen LogP contribution in [0.4, 0.5) is 0 Å². The number of phosphoric acid groups is 1. The fourth-order valence-electron chi connectivity index (χ4n) is 6.28. The number of carbonyl (C=O) groups excluding carboxylic acids is 1. The summed E-state index contributed by atoms with van der Waals surface area (Å²) in [6, 6.07) is -1.48. The second kappa shape index (κ2) is 42.3. The summed E-state index contributed by atoms with van der Waals surface area (Å²) in [6.45, 7) is 3.85. The van der Waals surface area contributed by atoms with E-state index >= 15 is 0 Å². The van der Waals surface area contributed by atoms with E-state index in [1.54, 1.807) is 0 Å². The lowest BCUT2D eigenvalue weighted by atomic mass is 10.1. The van der Waals surface area contributed by atoms with E-state index in [0.29, 0.717) is 13.0 Å². The zero-order valence-electron chi connectivity index (χ0n) is 36.4. The van der Waals surface area contributed by atoms with Gasteiger partial charge >= 0.3 is 19.8 Å². The number of hydrogen-bond donors (Lipinski definition) is 3. The lowest BCUT2D eigenvalue weighted by Crippen LogP contribution is -2.34. The number of carboxylic acid groups (broad SMARTS) is 1. The van der Waals surface area contributed by atoms with E-state index in [0.717, 1.165) is 57.8 Å². The molecule has 0 spiro atoms. The fraction of sp³-hybridized carbons (Fsp3) is 0.826. The van der Waals surface area contributed by atoms with Crippen molar-refractivity contribution in [3.63, 3.8) is 0 Å². The minimum Gasteiger partial charge on any atom is -0.480 e. The van der Waals surface area contributed by atoms with Gasteiger partial charge in [0.15, 0.2) is 0 Å². The molecule has 0 aromatic carbocycles. The molecule has 57 heavy (non-hydrogen) atoms. The first-order valence-corrected chi connectivity index (χ1v) is 24.5. The maximum Gasteiger partial charge on any atom is 0.472 e. The van der Waals surface area contributed by atoms with Gasteiger partial charge in [-0.05, 0) is 70.6 Å². The van der Waals surface area contributed by atoms with Gasteiger partial charge in [-0.2, -0.15) is 0 Å². The van der Waals surface area contributed by atoms with Gasteiger partial charge in [-0.15, -0.1) is 0 Å². The number of esters is 1. The summed E-state index contributed by atoms with van der Waals surface area (Å²) in [5.74, 6) is -1.78. The third-order valence-electron chi connectivity index (χ3n) is 9.89. The van der Waals surface area contributed by atoms with Crippen LogP contribution in [-0.4, -0.2) is 60.5 Å².